The van der Waals surface area contributed by atoms with Crippen molar-refractivity contribution in [1.82, 2.24) is 9.97 Å². The zero-order valence-electron chi connectivity index (χ0n) is 30.5. The van der Waals surface area contributed by atoms with Crippen LogP contribution in [0.4, 0.5) is 0 Å². The van der Waals surface area contributed by atoms with E-state index in [-0.39, 0.29) is 20.1 Å². The summed E-state index contributed by atoms with van der Waals surface area (Å²) < 4.78 is 7.87. The molecule has 3 heterocycles. The van der Waals surface area contributed by atoms with Gasteiger partial charge in [-0.05, 0) is 40.3 Å². The standard InChI is InChI=1S/C32H24NO.C15H18GeN.Ir/c1-21(2)25-18-19-33-29(20-25)27-17-16-26(31-28-10-6-7-11-30(28)34-32(27)31)24-14-12-23(13-15-24)22-8-4-3-5-9-22;1-12-7-5-6-8-14(12)15-10-9-13(11-17-15)16(2,3)4;/h3-16,18-21H,1-2H3;5-7,9-11H,1-4H3;/q2*-1;. The first-order chi connectivity index (χ1) is 24.7. The van der Waals surface area contributed by atoms with Gasteiger partial charge in [0.05, 0.1) is 5.58 Å². The molecule has 0 aliphatic rings. The topological polar surface area (TPSA) is 38.9 Å². The number of para-hydroxylation sites is 1. The predicted octanol–water partition coefficient (Wildman–Crippen LogP) is 12.3. The summed E-state index contributed by atoms with van der Waals surface area (Å²) in [6.07, 6.45) is 3.93. The SMILES string of the molecule is CC(C)c1ccnc(-c2[c-]cc(-c3ccc(-c4ccccc4)cc3)c3c2oc2ccccc23)c1.Cc1ccc[c-]c1-c1cc[c]([Ge]([CH3])([CH3])[CH3])cn1.[Ir]. The maximum Gasteiger partial charge on any atom is 0 e. The number of rotatable bonds is 6. The Hall–Kier alpha value is -4.61. The number of aromatic nitrogens is 2. The van der Waals surface area contributed by atoms with Gasteiger partial charge in [-0.15, -0.1) is 12.1 Å². The molecule has 52 heavy (non-hydrogen) atoms. The van der Waals surface area contributed by atoms with E-state index in [1.165, 1.54) is 26.6 Å². The molecule has 0 unspecified atom stereocenters. The van der Waals surface area contributed by atoms with E-state index in [1.54, 1.807) is 0 Å². The van der Waals surface area contributed by atoms with Gasteiger partial charge < -0.3 is 9.40 Å². The van der Waals surface area contributed by atoms with E-state index in [2.05, 4.69) is 163 Å². The number of pyridine rings is 2. The van der Waals surface area contributed by atoms with Gasteiger partial charge in [0.2, 0.25) is 0 Å². The monoisotopic (exact) mass is 917 g/mol. The third kappa shape index (κ3) is 7.90. The van der Waals surface area contributed by atoms with Gasteiger partial charge in [0, 0.05) is 31.7 Å². The summed E-state index contributed by atoms with van der Waals surface area (Å²) in [5, 5.41) is 2.21. The molecule has 3 nitrogen and oxygen atoms in total. The maximum absolute atomic E-state index is 6.42. The van der Waals surface area contributed by atoms with Crippen molar-refractivity contribution in [3.05, 3.63) is 163 Å². The van der Waals surface area contributed by atoms with Gasteiger partial charge in [-0.25, -0.2) is 0 Å². The summed E-state index contributed by atoms with van der Waals surface area (Å²) in [5.41, 5.74) is 12.8. The minimum absolute atomic E-state index is 0. The molecule has 5 heteroatoms. The molecule has 0 amide bonds. The molecule has 5 aromatic carbocycles. The van der Waals surface area contributed by atoms with E-state index in [0.717, 1.165) is 55.6 Å². The van der Waals surface area contributed by atoms with Crippen LogP contribution in [0.5, 0.6) is 0 Å². The molecule has 261 valence electrons. The number of aryl methyl sites for hydroxylation is 1. The number of nitrogens with zero attached hydrogens (tertiary/aromatic N) is 2. The van der Waals surface area contributed by atoms with Crippen LogP contribution in [0, 0.1) is 19.1 Å². The zero-order chi connectivity index (χ0) is 35.5. The normalized spacial score (nSPS) is 11.3. The first kappa shape index (κ1) is 37.2. The Morgan fingerprint density at radius 1 is 0.673 bits per heavy atom. The van der Waals surface area contributed by atoms with Gasteiger partial charge in [0.25, 0.3) is 0 Å². The van der Waals surface area contributed by atoms with Crippen molar-refractivity contribution in [1.29, 1.82) is 0 Å². The summed E-state index contributed by atoms with van der Waals surface area (Å²) in [4.78, 5) is 9.26. The zero-order valence-corrected chi connectivity index (χ0v) is 35.0. The number of hydrogen-bond acceptors (Lipinski definition) is 3. The van der Waals surface area contributed by atoms with Crippen molar-refractivity contribution in [3.63, 3.8) is 0 Å². The van der Waals surface area contributed by atoms with E-state index in [4.69, 9.17) is 4.42 Å². The van der Waals surface area contributed by atoms with Crippen LogP contribution in [0.25, 0.3) is 66.7 Å². The van der Waals surface area contributed by atoms with Crippen molar-refractivity contribution in [2.45, 2.75) is 44.0 Å². The van der Waals surface area contributed by atoms with Crippen LogP contribution in [0.2, 0.25) is 17.3 Å². The quantitative estimate of drug-likeness (QED) is 0.123. The average Bonchev–Trinajstić information content (AvgIpc) is 3.55. The minimum Gasteiger partial charge on any atom is 0 e. The molecule has 1 radical (unpaired) electrons. The third-order valence-electron chi connectivity index (χ3n) is 9.41. The Morgan fingerprint density at radius 3 is 2.08 bits per heavy atom. The largest absolute Gasteiger partial charge is 0 e. The first-order valence-corrected chi connectivity index (χ1v) is 24.9. The second-order valence-corrected chi connectivity index (χ2v) is 25.0. The van der Waals surface area contributed by atoms with Crippen LogP contribution < -0.4 is 4.40 Å². The van der Waals surface area contributed by atoms with Crippen LogP contribution in [0.1, 0.15) is 30.9 Å². The van der Waals surface area contributed by atoms with Crippen LogP contribution in [0.3, 0.4) is 0 Å². The second-order valence-electron chi connectivity index (χ2n) is 14.4. The molecule has 0 N–H and O–H groups in total. The van der Waals surface area contributed by atoms with Crippen LogP contribution in [0.15, 0.2) is 144 Å². The van der Waals surface area contributed by atoms with E-state index in [0.29, 0.717) is 5.92 Å². The summed E-state index contributed by atoms with van der Waals surface area (Å²) >= 11 is -1.73. The Bertz CT molecular complexity index is 2430. The Morgan fingerprint density at radius 2 is 1.38 bits per heavy atom. The van der Waals surface area contributed by atoms with Crippen LogP contribution in [-0.2, 0) is 20.1 Å². The van der Waals surface area contributed by atoms with E-state index in [9.17, 15) is 0 Å². The van der Waals surface area contributed by atoms with Gasteiger partial charge in [0.1, 0.15) is 5.58 Å². The third-order valence-corrected chi connectivity index (χ3v) is 13.7. The molecule has 0 fully saturated rings. The van der Waals surface area contributed by atoms with Crippen molar-refractivity contribution < 1.29 is 24.5 Å². The van der Waals surface area contributed by atoms with Crippen molar-refractivity contribution in [2.24, 2.45) is 0 Å². The molecular weight excluding hydrogens is 873 g/mol. The fourth-order valence-corrected chi connectivity index (χ4v) is 8.56. The molecule has 0 saturated carbocycles. The molecule has 0 aliphatic carbocycles. The molecular formula is C47H42GeIrN2O-2. The van der Waals surface area contributed by atoms with Gasteiger partial charge in [-0.3, -0.25) is 0 Å². The fraction of sp³-hybridized carbons (Fsp3) is 0.149. The summed E-state index contributed by atoms with van der Waals surface area (Å²) in [7, 11) is 0. The van der Waals surface area contributed by atoms with Gasteiger partial charge in [0.15, 0.2) is 0 Å². The fourth-order valence-electron chi connectivity index (χ4n) is 6.39. The summed E-state index contributed by atoms with van der Waals surface area (Å²) in [6.45, 7) is 6.49. The summed E-state index contributed by atoms with van der Waals surface area (Å²) in [5.74, 6) is 7.58. The molecule has 8 aromatic rings. The molecule has 0 atom stereocenters. The van der Waals surface area contributed by atoms with Gasteiger partial charge in [-0.1, -0.05) is 115 Å². The molecule has 0 aliphatic heterocycles. The van der Waals surface area contributed by atoms with Crippen molar-refractivity contribution in [2.75, 3.05) is 0 Å². The van der Waals surface area contributed by atoms with E-state index in [1.807, 2.05) is 36.5 Å². The van der Waals surface area contributed by atoms with Crippen molar-refractivity contribution in [3.8, 4) is 44.8 Å². The molecule has 3 aromatic heterocycles. The number of benzene rings is 5. The second kappa shape index (κ2) is 16.0. The van der Waals surface area contributed by atoms with Crippen LogP contribution in [-0.4, -0.2) is 23.2 Å². The minimum atomic E-state index is -1.73. The van der Waals surface area contributed by atoms with E-state index < -0.39 is 13.3 Å². The number of hydrogen-bond donors (Lipinski definition) is 0. The van der Waals surface area contributed by atoms with Crippen molar-refractivity contribution >= 4 is 39.6 Å². The average molecular weight is 916 g/mol. The molecule has 0 saturated heterocycles. The Kier molecular flexibility index (Phi) is 11.4. The number of furan rings is 1. The molecule has 0 bridgehead atoms. The maximum atomic E-state index is 6.42. The number of fused-ring (bicyclic) bond motifs is 3. The Labute approximate surface area is 323 Å². The summed E-state index contributed by atoms with van der Waals surface area (Å²) in [6, 6.07) is 50.9. The van der Waals surface area contributed by atoms with Gasteiger partial charge >= 0.3 is 106 Å². The van der Waals surface area contributed by atoms with Crippen LogP contribution >= 0.6 is 0 Å². The molecule has 8 rings (SSSR count). The first-order valence-electron chi connectivity index (χ1n) is 17.6. The predicted molar refractivity (Wildman–Crippen MR) is 217 cm³/mol. The van der Waals surface area contributed by atoms with Gasteiger partial charge in [-0.2, -0.15) is 0 Å². The Balaban J connectivity index is 0.000000218. The smallest absolute Gasteiger partial charge is 0 e. The van der Waals surface area contributed by atoms with E-state index >= 15 is 0 Å². The molecule has 0 spiro atoms.